The minimum atomic E-state index is -0.545. The van der Waals surface area contributed by atoms with Gasteiger partial charge >= 0.3 is 0 Å². The molecule has 0 atom stereocenters. The molecule has 0 amide bonds. The number of Topliss-reactive ketones (excluding diaryl/α,β-unsaturated/α-hetero) is 1. The monoisotopic (exact) mass is 283 g/mol. The van der Waals surface area contributed by atoms with Crippen LogP contribution in [0.2, 0.25) is 0 Å². The number of aromatic nitrogens is 1. The molecule has 1 aromatic heterocycles. The van der Waals surface area contributed by atoms with Crippen molar-refractivity contribution in [3.8, 4) is 6.07 Å². The number of benzene rings is 1. The molecule has 0 spiro atoms. The number of nitro groups is 1. The number of nitrogens with one attached hydrogen (secondary N) is 2. The molecule has 2 rings (SSSR count). The van der Waals surface area contributed by atoms with Crippen molar-refractivity contribution in [1.29, 1.82) is 5.26 Å². The van der Waals surface area contributed by atoms with E-state index in [-0.39, 0.29) is 17.1 Å². The van der Waals surface area contributed by atoms with Crippen LogP contribution >= 0.6 is 0 Å². The molecular formula is C13H9N5O3. The van der Waals surface area contributed by atoms with E-state index in [2.05, 4.69) is 15.5 Å². The zero-order chi connectivity index (χ0) is 15.2. The Morgan fingerprint density at radius 3 is 2.57 bits per heavy atom. The number of anilines is 1. The van der Waals surface area contributed by atoms with Crippen molar-refractivity contribution >= 4 is 22.9 Å². The van der Waals surface area contributed by atoms with E-state index in [0.717, 1.165) is 0 Å². The predicted molar refractivity (Wildman–Crippen MR) is 74.9 cm³/mol. The molecular weight excluding hydrogens is 274 g/mol. The lowest BCUT2D eigenvalue weighted by Crippen LogP contribution is -2.14. The maximum Gasteiger partial charge on any atom is 0.269 e. The summed E-state index contributed by atoms with van der Waals surface area (Å²) in [5, 5.41) is 23.2. The smallest absolute Gasteiger partial charge is 0.269 e. The van der Waals surface area contributed by atoms with E-state index in [4.69, 9.17) is 5.26 Å². The van der Waals surface area contributed by atoms with Crippen molar-refractivity contribution in [2.45, 2.75) is 0 Å². The van der Waals surface area contributed by atoms with E-state index < -0.39 is 10.7 Å². The molecule has 8 heteroatoms. The van der Waals surface area contributed by atoms with Gasteiger partial charge in [0.2, 0.25) is 11.5 Å². The van der Waals surface area contributed by atoms with Crippen LogP contribution < -0.4 is 5.43 Å². The van der Waals surface area contributed by atoms with Crippen LogP contribution in [-0.4, -0.2) is 21.4 Å². The lowest BCUT2D eigenvalue weighted by molar-refractivity contribution is -0.384. The number of non-ortho nitro benzene ring substituents is 1. The maximum absolute atomic E-state index is 11.9. The SMILES string of the molecule is N#C/C(=N\Nc1ccc([N+](=O)[O-])cc1)C(=O)c1ccc[nH]1. The van der Waals surface area contributed by atoms with E-state index >= 15 is 0 Å². The third-order valence-corrected chi connectivity index (χ3v) is 2.54. The first-order valence-electron chi connectivity index (χ1n) is 5.78. The Hall–Kier alpha value is -3.47. The van der Waals surface area contributed by atoms with Gasteiger partial charge in [-0.2, -0.15) is 10.4 Å². The Bertz CT molecular complexity index is 726. The predicted octanol–water partition coefficient (Wildman–Crippen LogP) is 2.10. The molecule has 0 saturated heterocycles. The second-order valence-corrected chi connectivity index (χ2v) is 3.90. The number of carbonyl (C=O) groups is 1. The molecule has 104 valence electrons. The van der Waals surface area contributed by atoms with Gasteiger partial charge in [-0.3, -0.25) is 20.3 Å². The second kappa shape index (κ2) is 6.12. The number of ketones is 1. The molecule has 2 aromatic rings. The van der Waals surface area contributed by atoms with Crippen LogP contribution in [0.25, 0.3) is 0 Å². The van der Waals surface area contributed by atoms with E-state index in [9.17, 15) is 14.9 Å². The van der Waals surface area contributed by atoms with E-state index in [1.165, 1.54) is 30.3 Å². The van der Waals surface area contributed by atoms with Crippen LogP contribution in [0.4, 0.5) is 11.4 Å². The largest absolute Gasteiger partial charge is 0.358 e. The van der Waals surface area contributed by atoms with Gasteiger partial charge in [0, 0.05) is 18.3 Å². The number of aromatic amines is 1. The summed E-state index contributed by atoms with van der Waals surface area (Å²) in [6.07, 6.45) is 1.56. The van der Waals surface area contributed by atoms with Crippen LogP contribution in [0.15, 0.2) is 47.7 Å². The number of nitriles is 1. The number of nitrogens with zero attached hydrogens (tertiary/aromatic N) is 3. The van der Waals surface area contributed by atoms with E-state index in [0.29, 0.717) is 5.69 Å². The molecule has 2 N–H and O–H groups in total. The molecule has 0 fully saturated rings. The molecule has 8 nitrogen and oxygen atoms in total. The minimum absolute atomic E-state index is 0.0625. The summed E-state index contributed by atoms with van der Waals surface area (Å²) in [4.78, 5) is 24.6. The van der Waals surface area contributed by atoms with Gasteiger partial charge in [0.25, 0.3) is 5.69 Å². The molecule has 0 unspecified atom stereocenters. The number of hydrogen-bond donors (Lipinski definition) is 2. The first kappa shape index (κ1) is 14.0. The molecule has 0 radical (unpaired) electrons. The van der Waals surface area contributed by atoms with Crippen molar-refractivity contribution in [2.75, 3.05) is 5.43 Å². The fourth-order valence-corrected chi connectivity index (χ4v) is 1.50. The standard InChI is InChI=1S/C13H9N5O3/c14-8-12(13(19)11-2-1-7-15-11)17-16-9-3-5-10(6-4-9)18(20)21/h1-7,15-16H/b17-12+. The normalized spacial score (nSPS) is 10.7. The van der Waals surface area contributed by atoms with Crippen LogP contribution in [-0.2, 0) is 0 Å². The molecule has 1 aromatic carbocycles. The quantitative estimate of drug-likeness (QED) is 0.376. The Labute approximate surface area is 118 Å². The fraction of sp³-hybridized carbons (Fsp3) is 0. The zero-order valence-electron chi connectivity index (χ0n) is 10.6. The van der Waals surface area contributed by atoms with Gasteiger partial charge in [0.05, 0.1) is 16.3 Å². The van der Waals surface area contributed by atoms with Gasteiger partial charge < -0.3 is 4.98 Å². The number of hydrogen-bond acceptors (Lipinski definition) is 6. The highest BCUT2D eigenvalue weighted by atomic mass is 16.6. The molecule has 0 aliphatic rings. The molecule has 0 aliphatic carbocycles. The molecule has 1 heterocycles. The molecule has 0 aliphatic heterocycles. The summed E-state index contributed by atoms with van der Waals surface area (Å²) in [6.45, 7) is 0. The number of rotatable bonds is 5. The fourth-order valence-electron chi connectivity index (χ4n) is 1.50. The number of hydrazone groups is 1. The number of H-pyrrole nitrogens is 1. The van der Waals surface area contributed by atoms with Gasteiger partial charge in [-0.05, 0) is 24.3 Å². The van der Waals surface area contributed by atoms with E-state index in [1.807, 2.05) is 0 Å². The van der Waals surface area contributed by atoms with Gasteiger partial charge in [-0.25, -0.2) is 0 Å². The lowest BCUT2D eigenvalue weighted by Gasteiger charge is -2.00. The van der Waals surface area contributed by atoms with Crippen molar-refractivity contribution in [1.82, 2.24) is 4.98 Å². The second-order valence-electron chi connectivity index (χ2n) is 3.90. The third kappa shape index (κ3) is 3.30. The minimum Gasteiger partial charge on any atom is -0.358 e. The van der Waals surface area contributed by atoms with Crippen LogP contribution in [0, 0.1) is 21.4 Å². The Morgan fingerprint density at radius 2 is 2.05 bits per heavy atom. The first-order valence-corrected chi connectivity index (χ1v) is 5.78. The summed E-state index contributed by atoms with van der Waals surface area (Å²) >= 11 is 0. The highest BCUT2D eigenvalue weighted by Gasteiger charge is 2.14. The highest BCUT2D eigenvalue weighted by molar-refractivity contribution is 6.51. The number of nitro benzene ring substituents is 1. The Morgan fingerprint density at radius 1 is 1.33 bits per heavy atom. The lowest BCUT2D eigenvalue weighted by atomic mass is 10.2. The Kier molecular flexibility index (Phi) is 4.06. The Balaban J connectivity index is 2.13. The number of carbonyl (C=O) groups excluding carboxylic acids is 1. The van der Waals surface area contributed by atoms with Crippen LogP contribution in [0.3, 0.4) is 0 Å². The first-order chi connectivity index (χ1) is 10.1. The van der Waals surface area contributed by atoms with Gasteiger partial charge in [-0.15, -0.1) is 0 Å². The zero-order valence-corrected chi connectivity index (χ0v) is 10.6. The summed E-state index contributed by atoms with van der Waals surface area (Å²) in [5.74, 6) is -0.545. The van der Waals surface area contributed by atoms with Gasteiger partial charge in [0.15, 0.2) is 0 Å². The average molecular weight is 283 g/mol. The van der Waals surface area contributed by atoms with Crippen molar-refractivity contribution < 1.29 is 9.72 Å². The van der Waals surface area contributed by atoms with Gasteiger partial charge in [0.1, 0.15) is 6.07 Å². The maximum atomic E-state index is 11.9. The highest BCUT2D eigenvalue weighted by Crippen LogP contribution is 2.15. The van der Waals surface area contributed by atoms with Crippen molar-refractivity contribution in [3.63, 3.8) is 0 Å². The van der Waals surface area contributed by atoms with Crippen LogP contribution in [0.5, 0.6) is 0 Å². The van der Waals surface area contributed by atoms with Crippen molar-refractivity contribution in [3.05, 3.63) is 58.4 Å². The third-order valence-electron chi connectivity index (χ3n) is 2.54. The topological polar surface area (TPSA) is 124 Å². The molecule has 21 heavy (non-hydrogen) atoms. The van der Waals surface area contributed by atoms with Crippen molar-refractivity contribution in [2.24, 2.45) is 5.10 Å². The van der Waals surface area contributed by atoms with Crippen LogP contribution in [0.1, 0.15) is 10.5 Å². The molecule has 0 bridgehead atoms. The molecule has 0 saturated carbocycles. The summed E-state index contributed by atoms with van der Waals surface area (Å²) in [5.41, 5.74) is 2.80. The summed E-state index contributed by atoms with van der Waals surface area (Å²) < 4.78 is 0. The van der Waals surface area contributed by atoms with E-state index in [1.54, 1.807) is 18.3 Å². The summed E-state index contributed by atoms with van der Waals surface area (Å²) in [6, 6.07) is 10.3. The summed E-state index contributed by atoms with van der Waals surface area (Å²) in [7, 11) is 0. The average Bonchev–Trinajstić information content (AvgIpc) is 3.02. The van der Waals surface area contributed by atoms with Gasteiger partial charge in [-0.1, -0.05) is 0 Å².